The van der Waals surface area contributed by atoms with E-state index in [-0.39, 0.29) is 0 Å². The quantitative estimate of drug-likeness (QED) is 0.250. The number of allylic oxidation sites excluding steroid dienone is 2. The summed E-state index contributed by atoms with van der Waals surface area (Å²) < 4.78 is 10.1. The van der Waals surface area contributed by atoms with Crippen molar-refractivity contribution in [3.05, 3.63) is 25.0 Å². The summed E-state index contributed by atoms with van der Waals surface area (Å²) in [4.78, 5) is 0. The predicted octanol–water partition coefficient (Wildman–Crippen LogP) is 1.49. The Morgan fingerprint density at radius 3 is 3.10 bits per heavy atom. The van der Waals surface area contributed by atoms with Crippen LogP contribution in [0.2, 0.25) is 0 Å². The van der Waals surface area contributed by atoms with Gasteiger partial charge in [-0.1, -0.05) is 12.7 Å². The number of epoxide rings is 1. The Morgan fingerprint density at radius 1 is 1.70 bits per heavy atom. The standard InChI is InChI=1S/C8H12O2/c1-2-3-5-9-6-4-8-7-10-8/h2-3,5,8H,1,4,6-7H2. The summed E-state index contributed by atoms with van der Waals surface area (Å²) in [6.07, 6.45) is 6.58. The van der Waals surface area contributed by atoms with Gasteiger partial charge in [0, 0.05) is 6.42 Å². The Kier molecular flexibility index (Phi) is 3.03. The van der Waals surface area contributed by atoms with Gasteiger partial charge in [0.05, 0.1) is 25.6 Å². The zero-order chi connectivity index (χ0) is 7.23. The Morgan fingerprint density at radius 2 is 2.50 bits per heavy atom. The molecule has 0 radical (unpaired) electrons. The fraction of sp³-hybridized carbons (Fsp3) is 0.500. The minimum atomic E-state index is 0.470. The van der Waals surface area contributed by atoms with Crippen molar-refractivity contribution in [3.63, 3.8) is 0 Å². The van der Waals surface area contributed by atoms with Crippen molar-refractivity contribution in [3.8, 4) is 0 Å². The van der Waals surface area contributed by atoms with E-state index in [2.05, 4.69) is 6.58 Å². The summed E-state index contributed by atoms with van der Waals surface area (Å²) in [6.45, 7) is 5.17. The second kappa shape index (κ2) is 4.12. The van der Waals surface area contributed by atoms with Crippen LogP contribution in [0.1, 0.15) is 6.42 Å². The molecule has 0 amide bonds. The fourth-order valence-corrected chi connectivity index (χ4v) is 0.613. The molecular weight excluding hydrogens is 128 g/mol. The molecule has 56 valence electrons. The Bertz CT molecular complexity index is 125. The molecule has 10 heavy (non-hydrogen) atoms. The van der Waals surface area contributed by atoms with E-state index in [1.807, 2.05) is 0 Å². The zero-order valence-corrected chi connectivity index (χ0v) is 5.95. The van der Waals surface area contributed by atoms with E-state index < -0.39 is 0 Å². The molecule has 1 saturated heterocycles. The summed E-state index contributed by atoms with van der Waals surface area (Å²) in [5.41, 5.74) is 0. The van der Waals surface area contributed by atoms with Crippen LogP contribution in [-0.4, -0.2) is 19.3 Å². The molecule has 0 aromatic rings. The van der Waals surface area contributed by atoms with Gasteiger partial charge in [0.15, 0.2) is 0 Å². The van der Waals surface area contributed by atoms with Gasteiger partial charge >= 0.3 is 0 Å². The maximum Gasteiger partial charge on any atom is 0.0898 e. The zero-order valence-electron chi connectivity index (χ0n) is 5.95. The molecule has 1 rings (SSSR count). The highest BCUT2D eigenvalue weighted by atomic mass is 16.6. The molecule has 0 aliphatic carbocycles. The average molecular weight is 140 g/mol. The van der Waals surface area contributed by atoms with Crippen molar-refractivity contribution < 1.29 is 9.47 Å². The van der Waals surface area contributed by atoms with Gasteiger partial charge in [0.25, 0.3) is 0 Å². The number of rotatable bonds is 5. The first kappa shape index (κ1) is 7.35. The van der Waals surface area contributed by atoms with Crippen LogP contribution in [0, 0.1) is 0 Å². The lowest BCUT2D eigenvalue weighted by Gasteiger charge is -1.95. The van der Waals surface area contributed by atoms with Gasteiger partial charge in [-0.15, -0.1) is 0 Å². The number of hydrogen-bond donors (Lipinski definition) is 0. The molecule has 1 heterocycles. The van der Waals surface area contributed by atoms with E-state index in [1.54, 1.807) is 18.4 Å². The van der Waals surface area contributed by atoms with Gasteiger partial charge in [-0.05, 0) is 6.08 Å². The van der Waals surface area contributed by atoms with Crippen molar-refractivity contribution in [2.24, 2.45) is 0 Å². The first-order valence-corrected chi connectivity index (χ1v) is 3.44. The average Bonchev–Trinajstić information content (AvgIpc) is 2.71. The molecule has 2 heteroatoms. The number of hydrogen-bond acceptors (Lipinski definition) is 2. The van der Waals surface area contributed by atoms with Crippen molar-refractivity contribution in [2.45, 2.75) is 12.5 Å². The second-order valence-corrected chi connectivity index (χ2v) is 2.18. The maximum atomic E-state index is 5.09. The third-order valence-electron chi connectivity index (χ3n) is 1.27. The smallest absolute Gasteiger partial charge is 0.0898 e. The molecule has 1 atom stereocenters. The Hall–Kier alpha value is -0.760. The predicted molar refractivity (Wildman–Crippen MR) is 39.6 cm³/mol. The lowest BCUT2D eigenvalue weighted by atomic mass is 10.4. The van der Waals surface area contributed by atoms with E-state index in [0.717, 1.165) is 19.6 Å². The van der Waals surface area contributed by atoms with Crippen LogP contribution in [0.3, 0.4) is 0 Å². The normalized spacial score (nSPS) is 23.0. The maximum absolute atomic E-state index is 5.09. The molecule has 2 nitrogen and oxygen atoms in total. The van der Waals surface area contributed by atoms with Crippen LogP contribution in [-0.2, 0) is 9.47 Å². The van der Waals surface area contributed by atoms with Crippen molar-refractivity contribution in [1.82, 2.24) is 0 Å². The van der Waals surface area contributed by atoms with Crippen LogP contribution in [0.15, 0.2) is 25.0 Å². The van der Waals surface area contributed by atoms with Crippen LogP contribution >= 0.6 is 0 Å². The first-order valence-electron chi connectivity index (χ1n) is 3.44. The van der Waals surface area contributed by atoms with E-state index in [4.69, 9.17) is 9.47 Å². The highest BCUT2D eigenvalue weighted by molar-refractivity contribution is 4.92. The lowest BCUT2D eigenvalue weighted by Crippen LogP contribution is -1.92. The van der Waals surface area contributed by atoms with E-state index in [1.165, 1.54) is 0 Å². The summed E-state index contributed by atoms with van der Waals surface area (Å²) in [5, 5.41) is 0. The molecule has 1 aliphatic rings. The van der Waals surface area contributed by atoms with Gasteiger partial charge < -0.3 is 9.47 Å². The van der Waals surface area contributed by atoms with Crippen molar-refractivity contribution in [1.29, 1.82) is 0 Å². The minimum Gasteiger partial charge on any atom is -0.501 e. The van der Waals surface area contributed by atoms with Crippen LogP contribution in [0.4, 0.5) is 0 Å². The van der Waals surface area contributed by atoms with Crippen LogP contribution in [0.5, 0.6) is 0 Å². The topological polar surface area (TPSA) is 21.8 Å². The van der Waals surface area contributed by atoms with E-state index in [9.17, 15) is 0 Å². The van der Waals surface area contributed by atoms with Crippen LogP contribution in [0.25, 0.3) is 0 Å². The van der Waals surface area contributed by atoms with Gasteiger partial charge in [-0.2, -0.15) is 0 Å². The molecule has 1 fully saturated rings. The van der Waals surface area contributed by atoms with Gasteiger partial charge in [0.1, 0.15) is 0 Å². The van der Waals surface area contributed by atoms with Crippen molar-refractivity contribution >= 4 is 0 Å². The van der Waals surface area contributed by atoms with Crippen molar-refractivity contribution in [2.75, 3.05) is 13.2 Å². The van der Waals surface area contributed by atoms with Gasteiger partial charge in [-0.3, -0.25) is 0 Å². The summed E-state index contributed by atoms with van der Waals surface area (Å²) in [5.74, 6) is 0. The second-order valence-electron chi connectivity index (χ2n) is 2.18. The molecule has 0 aromatic carbocycles. The van der Waals surface area contributed by atoms with Crippen LogP contribution < -0.4 is 0 Å². The SMILES string of the molecule is C=CC=COCCC1CO1. The third kappa shape index (κ3) is 3.30. The highest BCUT2D eigenvalue weighted by Crippen LogP contribution is 2.12. The molecule has 0 spiro atoms. The molecule has 0 saturated carbocycles. The summed E-state index contributed by atoms with van der Waals surface area (Å²) in [7, 11) is 0. The minimum absolute atomic E-state index is 0.470. The molecule has 0 aromatic heterocycles. The van der Waals surface area contributed by atoms with E-state index in [0.29, 0.717) is 6.10 Å². The Labute approximate surface area is 61.1 Å². The highest BCUT2D eigenvalue weighted by Gasteiger charge is 2.21. The largest absolute Gasteiger partial charge is 0.501 e. The third-order valence-corrected chi connectivity index (χ3v) is 1.27. The molecule has 1 aliphatic heterocycles. The molecule has 0 N–H and O–H groups in total. The monoisotopic (exact) mass is 140 g/mol. The Balaban J connectivity index is 1.84. The van der Waals surface area contributed by atoms with Gasteiger partial charge in [0.2, 0.25) is 0 Å². The lowest BCUT2D eigenvalue weighted by molar-refractivity contribution is 0.229. The number of ether oxygens (including phenoxy) is 2. The summed E-state index contributed by atoms with van der Waals surface area (Å²) in [6, 6.07) is 0. The van der Waals surface area contributed by atoms with Gasteiger partial charge in [-0.25, -0.2) is 0 Å². The first-order chi connectivity index (χ1) is 4.93. The fourth-order valence-electron chi connectivity index (χ4n) is 0.613. The molecule has 0 bridgehead atoms. The molecule has 1 unspecified atom stereocenters. The molecular formula is C8H12O2. The van der Waals surface area contributed by atoms with E-state index >= 15 is 0 Å². The summed E-state index contributed by atoms with van der Waals surface area (Å²) >= 11 is 0.